The number of likely N-dealkylation sites (tertiary alicyclic amines) is 1. The van der Waals surface area contributed by atoms with Crippen molar-refractivity contribution in [2.75, 3.05) is 41.5 Å². The van der Waals surface area contributed by atoms with Gasteiger partial charge in [-0.05, 0) is 51.1 Å². The minimum Gasteiger partial charge on any atom is -0.460 e. The van der Waals surface area contributed by atoms with Crippen LogP contribution in [0.25, 0.3) is 0 Å². The number of esters is 1. The van der Waals surface area contributed by atoms with E-state index >= 15 is 0 Å². The van der Waals surface area contributed by atoms with E-state index in [0.29, 0.717) is 13.0 Å². The molecule has 0 radical (unpaired) electrons. The van der Waals surface area contributed by atoms with Gasteiger partial charge in [0.1, 0.15) is 18.7 Å². The topological polar surface area (TPSA) is 156 Å². The van der Waals surface area contributed by atoms with Gasteiger partial charge < -0.3 is 40.0 Å². The molecule has 1 aromatic rings. The van der Waals surface area contributed by atoms with Crippen molar-refractivity contribution in [3.8, 4) is 0 Å². The average molecular weight is 758 g/mol. The maximum absolute atomic E-state index is 14.2. The number of nitrogens with one attached hydrogen (secondary N) is 3. The van der Waals surface area contributed by atoms with Crippen LogP contribution in [-0.4, -0.2) is 123 Å². The zero-order chi connectivity index (χ0) is 40.7. The van der Waals surface area contributed by atoms with Crippen LogP contribution in [-0.2, 0) is 44.6 Å². The molecule has 0 bridgehead atoms. The van der Waals surface area contributed by atoms with Gasteiger partial charge in [0.15, 0.2) is 0 Å². The molecule has 0 unspecified atom stereocenters. The Morgan fingerprint density at radius 3 is 2.22 bits per heavy atom. The summed E-state index contributed by atoms with van der Waals surface area (Å²) in [6.45, 7) is 17.2. The van der Waals surface area contributed by atoms with Crippen LogP contribution in [0, 0.1) is 17.8 Å². The molecule has 13 nitrogen and oxygen atoms in total. The van der Waals surface area contributed by atoms with Crippen molar-refractivity contribution in [2.45, 2.75) is 122 Å². The molecule has 0 aromatic heterocycles. The second-order valence-corrected chi connectivity index (χ2v) is 15.3. The first kappa shape index (κ1) is 46.3. The monoisotopic (exact) mass is 757 g/mol. The van der Waals surface area contributed by atoms with Crippen LogP contribution in [0.1, 0.15) is 79.7 Å². The lowest BCUT2D eigenvalue weighted by Gasteiger charge is -2.41. The van der Waals surface area contributed by atoms with Gasteiger partial charge in [0.05, 0.1) is 42.2 Å². The zero-order valence-corrected chi connectivity index (χ0v) is 34.5. The lowest BCUT2D eigenvalue weighted by Crippen LogP contribution is -2.61. The minimum absolute atomic E-state index is 0.00355. The Labute approximate surface area is 323 Å². The fourth-order valence-electron chi connectivity index (χ4n) is 7.06. The van der Waals surface area contributed by atoms with E-state index in [9.17, 15) is 24.0 Å². The molecular weight excluding hydrogens is 690 g/mol. The number of hydrogen-bond donors (Lipinski definition) is 3. The molecular formula is C41H67N5O8. The van der Waals surface area contributed by atoms with Gasteiger partial charge in [-0.2, -0.15) is 0 Å². The number of methoxy groups -OCH3 is 2. The van der Waals surface area contributed by atoms with Gasteiger partial charge in [0, 0.05) is 34.2 Å². The van der Waals surface area contributed by atoms with Crippen LogP contribution in [0.15, 0.2) is 43.0 Å². The van der Waals surface area contributed by atoms with E-state index in [0.717, 1.165) is 18.4 Å². The summed E-state index contributed by atoms with van der Waals surface area (Å²) in [4.78, 5) is 71.5. The standard InChI is InChI=1S/C41H67N5O8/c1-13-23-54-39(50)30(24-29-19-16-15-17-20-29)43-37(48)28(6)36(53-12)31-21-18-22-46(31)33(47)25-32(52-11)35(27(5)14-2)45(10)38(49)34(26(3)4)44-40(51)41(7,8)42-9/h13,15-17,19-20,26-28,30-32,34-36,42H,1,14,18,21-25H2,2-12H3,(H,43,48)(H,44,51)/t27-,28+,30-,31-,32+,34-,35-,36+/m0/s1. The van der Waals surface area contributed by atoms with Gasteiger partial charge in [0.25, 0.3) is 0 Å². The Balaban J connectivity index is 2.29. The predicted molar refractivity (Wildman–Crippen MR) is 209 cm³/mol. The van der Waals surface area contributed by atoms with E-state index in [-0.39, 0.29) is 49.0 Å². The Hall–Kier alpha value is -3.81. The number of carbonyl (C=O) groups is 5. The molecule has 4 amide bonds. The SMILES string of the molecule is C=CCOC(=O)[C@H](Cc1ccccc1)NC(=O)[C@H](C)[C@@H](OC)[C@@H]1CCCN1C(=O)C[C@@H](OC)[C@H]([C@@H](C)CC)N(C)C(=O)[C@@H](NC(=O)C(C)(C)NC)C(C)C. The predicted octanol–water partition coefficient (Wildman–Crippen LogP) is 3.50. The number of rotatable bonds is 22. The summed E-state index contributed by atoms with van der Waals surface area (Å²) in [5.74, 6) is -2.65. The second-order valence-electron chi connectivity index (χ2n) is 15.3. The van der Waals surface area contributed by atoms with Gasteiger partial charge in [-0.15, -0.1) is 0 Å². The minimum atomic E-state index is -0.931. The fourth-order valence-corrected chi connectivity index (χ4v) is 7.06. The second kappa shape index (κ2) is 21.9. The van der Waals surface area contributed by atoms with Crippen LogP contribution in [0.3, 0.4) is 0 Å². The Morgan fingerprint density at radius 2 is 1.69 bits per heavy atom. The average Bonchev–Trinajstić information content (AvgIpc) is 3.64. The molecule has 1 heterocycles. The molecule has 0 spiro atoms. The summed E-state index contributed by atoms with van der Waals surface area (Å²) < 4.78 is 17.2. The van der Waals surface area contributed by atoms with Crippen LogP contribution in [0.5, 0.6) is 0 Å². The molecule has 13 heteroatoms. The fraction of sp³-hybridized carbons (Fsp3) is 0.683. The first-order chi connectivity index (χ1) is 25.5. The molecule has 1 aromatic carbocycles. The van der Waals surface area contributed by atoms with Crippen molar-refractivity contribution in [1.82, 2.24) is 25.8 Å². The number of likely N-dealkylation sites (N-methyl/N-ethyl adjacent to an activating group) is 2. The van der Waals surface area contributed by atoms with Crippen molar-refractivity contribution in [2.24, 2.45) is 17.8 Å². The van der Waals surface area contributed by atoms with Crippen molar-refractivity contribution in [3.63, 3.8) is 0 Å². The molecule has 0 saturated carbocycles. The third kappa shape index (κ3) is 12.4. The molecule has 1 fully saturated rings. The maximum Gasteiger partial charge on any atom is 0.329 e. The van der Waals surface area contributed by atoms with Crippen molar-refractivity contribution < 1.29 is 38.2 Å². The van der Waals surface area contributed by atoms with E-state index in [1.165, 1.54) is 13.2 Å². The number of hydrogen-bond acceptors (Lipinski definition) is 9. The quantitative estimate of drug-likeness (QED) is 0.119. The summed E-state index contributed by atoms with van der Waals surface area (Å²) in [5.41, 5.74) is -0.0188. The zero-order valence-electron chi connectivity index (χ0n) is 34.5. The first-order valence-corrected chi connectivity index (χ1v) is 19.2. The molecule has 2 rings (SSSR count). The van der Waals surface area contributed by atoms with Crippen LogP contribution in [0.2, 0.25) is 0 Å². The molecule has 54 heavy (non-hydrogen) atoms. The Bertz CT molecular complexity index is 1390. The highest BCUT2D eigenvalue weighted by atomic mass is 16.5. The Kier molecular flexibility index (Phi) is 18.8. The molecule has 0 aliphatic carbocycles. The van der Waals surface area contributed by atoms with E-state index in [1.54, 1.807) is 51.8 Å². The molecule has 3 N–H and O–H groups in total. The lowest BCUT2D eigenvalue weighted by molar-refractivity contribution is -0.149. The van der Waals surface area contributed by atoms with Crippen LogP contribution >= 0.6 is 0 Å². The van der Waals surface area contributed by atoms with Gasteiger partial charge in [-0.25, -0.2) is 4.79 Å². The molecule has 1 saturated heterocycles. The number of ether oxygens (including phenoxy) is 3. The van der Waals surface area contributed by atoms with Crippen molar-refractivity contribution in [1.29, 1.82) is 0 Å². The summed E-state index contributed by atoms with van der Waals surface area (Å²) in [6, 6.07) is 6.76. The highest BCUT2D eigenvalue weighted by molar-refractivity contribution is 5.92. The normalized spacial score (nSPS) is 18.4. The number of amides is 4. The lowest BCUT2D eigenvalue weighted by atomic mass is 9.89. The number of carbonyl (C=O) groups excluding carboxylic acids is 5. The van der Waals surface area contributed by atoms with E-state index in [2.05, 4.69) is 22.5 Å². The highest BCUT2D eigenvalue weighted by Gasteiger charge is 2.43. The van der Waals surface area contributed by atoms with E-state index in [4.69, 9.17) is 14.2 Å². The maximum atomic E-state index is 14.2. The van der Waals surface area contributed by atoms with Gasteiger partial charge >= 0.3 is 5.97 Å². The van der Waals surface area contributed by atoms with Gasteiger partial charge in [-0.3, -0.25) is 19.2 Å². The van der Waals surface area contributed by atoms with Crippen molar-refractivity contribution in [3.05, 3.63) is 48.6 Å². The Morgan fingerprint density at radius 1 is 1.04 bits per heavy atom. The highest BCUT2D eigenvalue weighted by Crippen LogP contribution is 2.30. The third-order valence-corrected chi connectivity index (χ3v) is 10.9. The largest absolute Gasteiger partial charge is 0.460 e. The summed E-state index contributed by atoms with van der Waals surface area (Å²) in [5, 5.41) is 8.80. The van der Waals surface area contributed by atoms with Crippen LogP contribution < -0.4 is 16.0 Å². The molecule has 304 valence electrons. The summed E-state index contributed by atoms with van der Waals surface area (Å²) in [7, 11) is 6.46. The van der Waals surface area contributed by atoms with Gasteiger partial charge in [0.2, 0.25) is 23.6 Å². The smallest absolute Gasteiger partial charge is 0.329 e. The molecule has 8 atom stereocenters. The molecule has 1 aliphatic heterocycles. The van der Waals surface area contributed by atoms with Gasteiger partial charge in [-0.1, -0.05) is 84.0 Å². The summed E-state index contributed by atoms with van der Waals surface area (Å²) >= 11 is 0. The molecule has 1 aliphatic rings. The summed E-state index contributed by atoms with van der Waals surface area (Å²) in [6.07, 6.45) is 2.46. The number of nitrogens with zero attached hydrogens (tertiary/aromatic N) is 2. The van der Waals surface area contributed by atoms with Crippen LogP contribution in [0.4, 0.5) is 0 Å². The first-order valence-electron chi connectivity index (χ1n) is 19.2. The third-order valence-electron chi connectivity index (χ3n) is 10.9. The van der Waals surface area contributed by atoms with E-state index in [1.807, 2.05) is 58.0 Å². The van der Waals surface area contributed by atoms with E-state index < -0.39 is 59.7 Å². The van der Waals surface area contributed by atoms with Crippen molar-refractivity contribution >= 4 is 29.6 Å². The number of benzene rings is 1.